The molecule has 10 nitrogen and oxygen atoms in total. The first kappa shape index (κ1) is 32.9. The van der Waals surface area contributed by atoms with Crippen LogP contribution in [-0.4, -0.2) is 54.5 Å². The molecule has 0 radical (unpaired) electrons. The van der Waals surface area contributed by atoms with Gasteiger partial charge in [-0.15, -0.1) is 0 Å². The molecule has 0 amide bonds. The molecule has 0 heterocycles. The Morgan fingerprint density at radius 1 is 0.921 bits per heavy atom. The molecule has 0 aliphatic rings. The normalized spacial score (nSPS) is 13.3. The summed E-state index contributed by atoms with van der Waals surface area (Å²) in [5, 5.41) is 12.6. The van der Waals surface area contributed by atoms with E-state index in [2.05, 4.69) is 5.32 Å². The number of ether oxygens (including phenoxy) is 4. The fourth-order valence-corrected chi connectivity index (χ4v) is 2.89. The minimum Gasteiger partial charge on any atom is -0.480 e. The molecule has 38 heavy (non-hydrogen) atoms. The summed E-state index contributed by atoms with van der Waals surface area (Å²) < 4.78 is 21.2. The molecule has 0 aliphatic carbocycles. The van der Waals surface area contributed by atoms with E-state index in [9.17, 15) is 24.3 Å². The highest BCUT2D eigenvalue weighted by atomic mass is 16.7. The van der Waals surface area contributed by atoms with Crippen molar-refractivity contribution in [3.8, 4) is 11.5 Å². The number of hydrogen-bond donors (Lipinski definition) is 2. The summed E-state index contributed by atoms with van der Waals surface area (Å²) in [4.78, 5) is 48.7. The molecule has 1 rings (SSSR count). The van der Waals surface area contributed by atoms with Crippen molar-refractivity contribution in [2.75, 3.05) is 13.2 Å². The Kier molecular flexibility index (Phi) is 12.7. The molecule has 0 saturated heterocycles. The number of benzene rings is 1. The summed E-state index contributed by atoms with van der Waals surface area (Å²) in [5.41, 5.74) is -1.08. The van der Waals surface area contributed by atoms with Crippen molar-refractivity contribution in [3.63, 3.8) is 0 Å². The van der Waals surface area contributed by atoms with Gasteiger partial charge in [0, 0.05) is 6.54 Å². The van der Waals surface area contributed by atoms with Crippen molar-refractivity contribution in [2.45, 2.75) is 93.2 Å². The second-order valence-corrected chi connectivity index (χ2v) is 11.3. The molecule has 2 N–H and O–H groups in total. The number of aliphatic carboxylic acids is 1. The third-order valence-electron chi connectivity index (χ3n) is 5.29. The van der Waals surface area contributed by atoms with Gasteiger partial charge in [-0.05, 0) is 79.0 Å². The average molecular weight is 538 g/mol. The predicted octanol–water partition coefficient (Wildman–Crippen LogP) is 4.91. The van der Waals surface area contributed by atoms with Crippen LogP contribution in [0.1, 0.15) is 80.2 Å². The van der Waals surface area contributed by atoms with Gasteiger partial charge < -0.3 is 29.4 Å². The maximum absolute atomic E-state index is 12.6. The molecule has 2 atom stereocenters. The number of hydrogen-bond acceptors (Lipinski definition) is 9. The number of carboxylic acids is 1. The number of nitrogens with one attached hydrogen (secondary N) is 1. The zero-order chi connectivity index (χ0) is 29.1. The third-order valence-corrected chi connectivity index (χ3v) is 5.29. The van der Waals surface area contributed by atoms with Crippen LogP contribution >= 0.6 is 0 Å². The minimum absolute atomic E-state index is 0.0201. The summed E-state index contributed by atoms with van der Waals surface area (Å²) in [6.45, 7) is 14.2. The van der Waals surface area contributed by atoms with Gasteiger partial charge in [0.1, 0.15) is 12.1 Å². The molecule has 214 valence electrons. The number of esters is 2. The van der Waals surface area contributed by atoms with Gasteiger partial charge >= 0.3 is 24.1 Å². The highest BCUT2D eigenvalue weighted by molar-refractivity contribution is 5.81. The fraction of sp³-hybridized carbons (Fsp3) is 0.643. The van der Waals surface area contributed by atoms with Crippen LogP contribution in [0.3, 0.4) is 0 Å². The van der Waals surface area contributed by atoms with Crippen molar-refractivity contribution in [2.24, 2.45) is 10.8 Å². The van der Waals surface area contributed by atoms with Gasteiger partial charge in [0.15, 0.2) is 11.5 Å². The molecule has 1 aromatic carbocycles. The van der Waals surface area contributed by atoms with Crippen LogP contribution < -0.4 is 14.8 Å². The number of carboxylic acid groups (broad SMARTS) is 1. The van der Waals surface area contributed by atoms with Gasteiger partial charge in [-0.2, -0.15) is 0 Å². The number of rotatable bonds is 13. The van der Waals surface area contributed by atoms with E-state index in [1.807, 2.05) is 6.92 Å². The molecular weight excluding hydrogens is 494 g/mol. The van der Waals surface area contributed by atoms with E-state index in [0.29, 0.717) is 5.56 Å². The maximum Gasteiger partial charge on any atom is 0.508 e. The van der Waals surface area contributed by atoms with Crippen molar-refractivity contribution in [1.82, 2.24) is 5.32 Å². The highest BCUT2D eigenvalue weighted by Crippen LogP contribution is 2.33. The van der Waals surface area contributed by atoms with Crippen LogP contribution in [-0.2, 0) is 30.3 Å². The lowest BCUT2D eigenvalue weighted by Gasteiger charge is -2.22. The Balaban J connectivity index is 2.96. The molecule has 0 aliphatic heterocycles. The Bertz CT molecular complexity index is 960. The molecule has 0 spiro atoms. The van der Waals surface area contributed by atoms with E-state index in [4.69, 9.17) is 18.9 Å². The predicted molar refractivity (Wildman–Crippen MR) is 141 cm³/mol. The summed E-state index contributed by atoms with van der Waals surface area (Å²) >= 11 is 0. The van der Waals surface area contributed by atoms with Gasteiger partial charge in [0.25, 0.3) is 0 Å². The molecule has 0 aromatic heterocycles. The van der Waals surface area contributed by atoms with Crippen LogP contribution in [0.2, 0.25) is 0 Å². The lowest BCUT2D eigenvalue weighted by molar-refractivity contribution is -0.145. The zero-order valence-electron chi connectivity index (χ0n) is 23.8. The molecule has 0 fully saturated rings. The SMILES string of the molecule is CCCCCOC(=O)OC(C)CN[C@@H](Cc1ccc(OC(=O)C(C)(C)C)c(OC(=O)C(C)(C)C)c1)C(=O)O. The summed E-state index contributed by atoms with van der Waals surface area (Å²) in [5.74, 6) is -2.09. The first-order valence-electron chi connectivity index (χ1n) is 12.9. The Morgan fingerprint density at radius 2 is 1.50 bits per heavy atom. The van der Waals surface area contributed by atoms with Crippen molar-refractivity contribution in [3.05, 3.63) is 23.8 Å². The molecular formula is C28H43NO9. The first-order valence-corrected chi connectivity index (χ1v) is 12.9. The largest absolute Gasteiger partial charge is 0.508 e. The molecule has 10 heteroatoms. The monoisotopic (exact) mass is 537 g/mol. The Hall–Kier alpha value is -3.14. The van der Waals surface area contributed by atoms with Crippen LogP contribution in [0.25, 0.3) is 0 Å². The maximum atomic E-state index is 12.6. The topological polar surface area (TPSA) is 137 Å². The number of unbranched alkanes of at least 4 members (excludes halogenated alkanes) is 2. The van der Waals surface area contributed by atoms with E-state index < -0.39 is 47.0 Å². The second kappa shape index (κ2) is 14.7. The van der Waals surface area contributed by atoms with Gasteiger partial charge in [-0.1, -0.05) is 25.8 Å². The lowest BCUT2D eigenvalue weighted by Crippen LogP contribution is -2.42. The van der Waals surface area contributed by atoms with Gasteiger partial charge in [0.05, 0.1) is 17.4 Å². The van der Waals surface area contributed by atoms with Crippen molar-refractivity contribution in [1.29, 1.82) is 0 Å². The fourth-order valence-electron chi connectivity index (χ4n) is 2.89. The second-order valence-electron chi connectivity index (χ2n) is 11.3. The summed E-state index contributed by atoms with van der Waals surface area (Å²) in [6, 6.07) is 3.53. The summed E-state index contributed by atoms with van der Waals surface area (Å²) in [6.07, 6.45) is 1.30. The van der Waals surface area contributed by atoms with Gasteiger partial charge in [0.2, 0.25) is 0 Å². The number of carbonyl (C=O) groups excluding carboxylic acids is 3. The molecule has 1 aromatic rings. The lowest BCUT2D eigenvalue weighted by atomic mass is 9.97. The third kappa shape index (κ3) is 11.9. The molecule has 0 bridgehead atoms. The Morgan fingerprint density at radius 3 is 2.03 bits per heavy atom. The zero-order valence-corrected chi connectivity index (χ0v) is 23.8. The minimum atomic E-state index is -1.11. The smallest absolute Gasteiger partial charge is 0.480 e. The van der Waals surface area contributed by atoms with Crippen molar-refractivity contribution >= 4 is 24.1 Å². The standard InChI is InChI=1S/C28H43NO9/c1-9-10-11-14-35-26(34)36-18(2)17-29-20(23(30)31)15-19-12-13-21(37-24(32)27(3,4)5)22(16-19)38-25(33)28(6,7)8/h12-13,16,18,20,29H,9-11,14-15,17H2,1-8H3,(H,30,31)/t18?,20-/m0/s1. The van der Waals surface area contributed by atoms with Crippen LogP contribution in [0.4, 0.5) is 4.79 Å². The van der Waals surface area contributed by atoms with E-state index in [1.165, 1.54) is 12.1 Å². The first-order chi connectivity index (χ1) is 17.5. The van der Waals surface area contributed by atoms with Crippen molar-refractivity contribution < 1.29 is 43.2 Å². The quantitative estimate of drug-likeness (QED) is 0.203. The van der Waals surface area contributed by atoms with E-state index >= 15 is 0 Å². The highest BCUT2D eigenvalue weighted by Gasteiger charge is 2.29. The molecule has 0 saturated carbocycles. The average Bonchev–Trinajstić information content (AvgIpc) is 2.79. The van der Waals surface area contributed by atoms with Gasteiger partial charge in [-0.25, -0.2) is 4.79 Å². The van der Waals surface area contributed by atoms with Crippen LogP contribution in [0.15, 0.2) is 18.2 Å². The van der Waals surface area contributed by atoms with E-state index in [1.54, 1.807) is 54.5 Å². The number of carbonyl (C=O) groups is 4. The molecule has 1 unspecified atom stereocenters. The van der Waals surface area contributed by atoms with Crippen LogP contribution in [0, 0.1) is 10.8 Å². The van der Waals surface area contributed by atoms with E-state index in [0.717, 1.165) is 19.3 Å². The van der Waals surface area contributed by atoms with Crippen LogP contribution in [0.5, 0.6) is 11.5 Å². The Labute approximate surface area is 225 Å². The van der Waals surface area contributed by atoms with E-state index in [-0.39, 0.29) is 31.1 Å². The summed E-state index contributed by atoms with van der Waals surface area (Å²) in [7, 11) is 0. The van der Waals surface area contributed by atoms with Gasteiger partial charge in [-0.3, -0.25) is 14.4 Å².